The Bertz CT molecular complexity index is 1910. The van der Waals surface area contributed by atoms with Gasteiger partial charge in [-0.05, 0) is 84.5 Å². The highest BCUT2D eigenvalue weighted by molar-refractivity contribution is 7.26. The molecule has 0 unspecified atom stereocenters. The third kappa shape index (κ3) is 3.14. The highest BCUT2D eigenvalue weighted by Crippen LogP contribution is 2.41. The van der Waals surface area contributed by atoms with Crippen molar-refractivity contribution < 1.29 is 0 Å². The van der Waals surface area contributed by atoms with Gasteiger partial charge in [0.2, 0.25) is 0 Å². The molecule has 0 spiro atoms. The zero-order valence-corrected chi connectivity index (χ0v) is 20.9. The molecule has 5 aromatic carbocycles. The first kappa shape index (κ1) is 20.5. The zero-order chi connectivity index (χ0) is 23.7. The molecule has 168 valence electrons. The molecule has 0 radical (unpaired) electrons. The molecule has 0 saturated carbocycles. The summed E-state index contributed by atoms with van der Waals surface area (Å²) in [6.45, 7) is 6.61. The third-order valence-corrected chi connectivity index (χ3v) is 8.50. The van der Waals surface area contributed by atoms with Gasteiger partial charge in [-0.25, -0.2) is 0 Å². The number of fused-ring (bicyclic) bond motifs is 6. The van der Waals surface area contributed by atoms with Gasteiger partial charge in [0, 0.05) is 42.0 Å². The summed E-state index contributed by atoms with van der Waals surface area (Å²) in [7, 11) is 0. The Kier molecular flexibility index (Phi) is 4.43. The quantitative estimate of drug-likeness (QED) is 0.260. The van der Waals surface area contributed by atoms with Gasteiger partial charge in [0.05, 0.1) is 0 Å². The summed E-state index contributed by atoms with van der Waals surface area (Å²) in [5, 5.41) is 5.24. The first-order chi connectivity index (χ1) is 17.1. The van der Waals surface area contributed by atoms with Crippen LogP contribution in [0.15, 0.2) is 91.0 Å². The van der Waals surface area contributed by atoms with Crippen LogP contribution in [0.2, 0.25) is 0 Å². The fraction of sp³-hybridized carbons (Fsp3) is 0.0909. The van der Waals surface area contributed by atoms with E-state index in [-0.39, 0.29) is 0 Å². The van der Waals surface area contributed by atoms with E-state index < -0.39 is 0 Å². The summed E-state index contributed by atoms with van der Waals surface area (Å²) in [5.41, 5.74) is 11.5. The molecule has 0 fully saturated rings. The molecule has 0 aliphatic heterocycles. The lowest BCUT2D eigenvalue weighted by molar-refractivity contribution is 1.32. The summed E-state index contributed by atoms with van der Waals surface area (Å²) in [6, 6.07) is 33.7. The van der Waals surface area contributed by atoms with Crippen molar-refractivity contribution in [2.24, 2.45) is 0 Å². The van der Waals surface area contributed by atoms with Crippen molar-refractivity contribution in [3.05, 3.63) is 108 Å². The average molecular weight is 468 g/mol. The van der Waals surface area contributed by atoms with Crippen molar-refractivity contribution in [3.63, 3.8) is 0 Å². The fourth-order valence-electron chi connectivity index (χ4n) is 5.83. The van der Waals surface area contributed by atoms with Crippen LogP contribution in [-0.4, -0.2) is 4.98 Å². The summed E-state index contributed by atoms with van der Waals surface area (Å²) in [4.78, 5) is 3.63. The van der Waals surface area contributed by atoms with Gasteiger partial charge in [0.25, 0.3) is 0 Å². The van der Waals surface area contributed by atoms with Crippen LogP contribution in [-0.2, 0) is 0 Å². The van der Waals surface area contributed by atoms with E-state index in [0.717, 1.165) is 0 Å². The second-order valence-electron chi connectivity index (χ2n) is 9.70. The summed E-state index contributed by atoms with van der Waals surface area (Å²) >= 11 is 1.89. The maximum atomic E-state index is 3.63. The molecule has 0 amide bonds. The number of thiophene rings is 1. The lowest BCUT2D eigenvalue weighted by Gasteiger charge is -2.12. The van der Waals surface area contributed by atoms with E-state index in [1.54, 1.807) is 0 Å². The number of hydrogen-bond acceptors (Lipinski definition) is 1. The van der Waals surface area contributed by atoms with Gasteiger partial charge in [-0.3, -0.25) is 0 Å². The maximum Gasteiger partial charge on any atom is 0.0465 e. The van der Waals surface area contributed by atoms with Crippen molar-refractivity contribution in [1.82, 2.24) is 4.98 Å². The predicted molar refractivity (Wildman–Crippen MR) is 154 cm³/mol. The van der Waals surface area contributed by atoms with Crippen LogP contribution in [0.4, 0.5) is 0 Å². The van der Waals surface area contributed by atoms with Gasteiger partial charge >= 0.3 is 0 Å². The van der Waals surface area contributed by atoms with Crippen LogP contribution < -0.4 is 0 Å². The number of aromatic nitrogens is 1. The third-order valence-electron chi connectivity index (χ3n) is 7.28. The number of benzene rings is 5. The Morgan fingerprint density at radius 2 is 1.23 bits per heavy atom. The Morgan fingerprint density at radius 1 is 0.571 bits per heavy atom. The van der Waals surface area contributed by atoms with Gasteiger partial charge in [-0.15, -0.1) is 11.3 Å². The van der Waals surface area contributed by atoms with Crippen molar-refractivity contribution in [2.75, 3.05) is 0 Å². The topological polar surface area (TPSA) is 15.8 Å². The molecule has 1 N–H and O–H groups in total. The molecule has 0 bridgehead atoms. The number of hydrogen-bond donors (Lipinski definition) is 1. The van der Waals surface area contributed by atoms with Crippen molar-refractivity contribution in [3.8, 4) is 22.3 Å². The van der Waals surface area contributed by atoms with Gasteiger partial charge < -0.3 is 4.98 Å². The van der Waals surface area contributed by atoms with Crippen LogP contribution in [0.5, 0.6) is 0 Å². The van der Waals surface area contributed by atoms with Gasteiger partial charge in [-0.1, -0.05) is 66.2 Å². The van der Waals surface area contributed by atoms with Crippen LogP contribution in [0.3, 0.4) is 0 Å². The monoisotopic (exact) mass is 467 g/mol. The lowest BCUT2D eigenvalue weighted by atomic mass is 9.93. The van der Waals surface area contributed by atoms with E-state index in [2.05, 4.69) is 117 Å². The second kappa shape index (κ2) is 7.56. The summed E-state index contributed by atoms with van der Waals surface area (Å²) < 4.78 is 2.70. The molecule has 2 heteroatoms. The molecule has 0 aliphatic carbocycles. The van der Waals surface area contributed by atoms with Crippen LogP contribution in [0, 0.1) is 20.8 Å². The molecule has 2 heterocycles. The molecule has 1 nitrogen and oxygen atoms in total. The molecular formula is C33H25NS. The molecule has 0 saturated heterocycles. The Morgan fingerprint density at radius 3 is 2.00 bits per heavy atom. The molecule has 35 heavy (non-hydrogen) atoms. The normalized spacial score (nSPS) is 11.9. The highest BCUT2D eigenvalue weighted by Gasteiger charge is 2.13. The largest absolute Gasteiger partial charge is 0.355 e. The number of nitrogens with one attached hydrogen (secondary N) is 1. The van der Waals surface area contributed by atoms with E-state index in [4.69, 9.17) is 0 Å². The smallest absolute Gasteiger partial charge is 0.0465 e. The van der Waals surface area contributed by atoms with Gasteiger partial charge in [0.1, 0.15) is 0 Å². The average Bonchev–Trinajstić information content (AvgIpc) is 3.41. The second-order valence-corrected chi connectivity index (χ2v) is 10.8. The zero-order valence-electron chi connectivity index (χ0n) is 20.1. The Hall–Kier alpha value is -3.88. The van der Waals surface area contributed by atoms with Crippen molar-refractivity contribution in [1.29, 1.82) is 0 Å². The molecule has 7 aromatic rings. The van der Waals surface area contributed by atoms with E-state index in [1.807, 2.05) is 11.3 Å². The Balaban J connectivity index is 1.45. The lowest BCUT2D eigenvalue weighted by Crippen LogP contribution is -1.90. The minimum absolute atomic E-state index is 1.18. The number of aryl methyl sites for hydroxylation is 3. The van der Waals surface area contributed by atoms with E-state index in [1.165, 1.54) is 80.9 Å². The number of H-pyrrole nitrogens is 1. The van der Waals surface area contributed by atoms with Gasteiger partial charge in [-0.2, -0.15) is 0 Å². The van der Waals surface area contributed by atoms with Crippen molar-refractivity contribution >= 4 is 53.3 Å². The number of rotatable bonds is 2. The molecule has 7 rings (SSSR count). The van der Waals surface area contributed by atoms with Crippen molar-refractivity contribution in [2.45, 2.75) is 20.8 Å². The van der Waals surface area contributed by atoms with Crippen LogP contribution >= 0.6 is 11.3 Å². The van der Waals surface area contributed by atoms with Gasteiger partial charge in [0.15, 0.2) is 0 Å². The SMILES string of the molecule is Cc1cc(C)c(-c2ccc3[nH]c4ccc(-c5cccc6c5sc5ccccc56)cc4c3c2)c(C)c1. The highest BCUT2D eigenvalue weighted by atomic mass is 32.1. The summed E-state index contributed by atoms with van der Waals surface area (Å²) in [6.07, 6.45) is 0. The number of aromatic amines is 1. The Labute approximate surface area is 208 Å². The first-order valence-electron chi connectivity index (χ1n) is 12.1. The molecule has 2 aromatic heterocycles. The summed E-state index contributed by atoms with van der Waals surface area (Å²) in [5.74, 6) is 0. The van der Waals surface area contributed by atoms with E-state index in [9.17, 15) is 0 Å². The van der Waals surface area contributed by atoms with Crippen LogP contribution in [0.1, 0.15) is 16.7 Å². The molecule has 0 aliphatic rings. The molecule has 0 atom stereocenters. The first-order valence-corrected chi connectivity index (χ1v) is 12.9. The minimum atomic E-state index is 1.18. The van der Waals surface area contributed by atoms with Crippen LogP contribution in [0.25, 0.3) is 64.2 Å². The van der Waals surface area contributed by atoms with E-state index >= 15 is 0 Å². The van der Waals surface area contributed by atoms with E-state index in [0.29, 0.717) is 0 Å². The fourth-order valence-corrected chi connectivity index (χ4v) is 7.07. The molecular weight excluding hydrogens is 442 g/mol. The maximum absolute atomic E-state index is 3.63. The standard InChI is InChI=1S/C33H25NS/c1-19-15-20(2)32(21(3)16-19)23-12-14-30-28(18-23)27-17-22(11-13-29(27)34-30)24-8-6-9-26-25-7-4-5-10-31(25)35-33(24)26/h4-18,34H,1-3H3. The predicted octanol–water partition coefficient (Wildman–Crippen LogP) is 9.95. The minimum Gasteiger partial charge on any atom is -0.355 e.